The monoisotopic (exact) mass is 498 g/mol. The molecule has 1 aliphatic heterocycles. The van der Waals surface area contributed by atoms with Crippen molar-refractivity contribution in [1.82, 2.24) is 9.21 Å². The maximum absolute atomic E-state index is 13.1. The summed E-state index contributed by atoms with van der Waals surface area (Å²) in [7, 11) is -7.48. The van der Waals surface area contributed by atoms with Gasteiger partial charge in [0.05, 0.1) is 21.1 Å². The van der Waals surface area contributed by atoms with E-state index in [1.807, 2.05) is 0 Å². The molecule has 0 aliphatic carbocycles. The van der Waals surface area contributed by atoms with E-state index >= 15 is 0 Å². The zero-order chi connectivity index (χ0) is 24.2. The fourth-order valence-corrected chi connectivity index (χ4v) is 5.80. The molecule has 0 spiro atoms. The molecule has 1 heterocycles. The minimum Gasteiger partial charge on any atom is -0.452 e. The van der Waals surface area contributed by atoms with Crippen LogP contribution in [-0.2, 0) is 29.4 Å². The summed E-state index contributed by atoms with van der Waals surface area (Å²) in [5, 5.41) is 0. The van der Waals surface area contributed by atoms with Gasteiger partial charge in [0.1, 0.15) is 5.82 Å². The van der Waals surface area contributed by atoms with E-state index in [-0.39, 0.29) is 47.3 Å². The number of piperazine rings is 1. The van der Waals surface area contributed by atoms with Crippen LogP contribution in [0.4, 0.5) is 4.39 Å². The van der Waals surface area contributed by atoms with Gasteiger partial charge >= 0.3 is 5.97 Å². The first-order chi connectivity index (χ1) is 15.6. The van der Waals surface area contributed by atoms with E-state index in [0.717, 1.165) is 12.1 Å². The number of rotatable bonds is 7. The Hall–Kier alpha value is -2.83. The highest BCUT2D eigenvalue weighted by molar-refractivity contribution is 7.91. The standard InChI is InChI=1S/C21H23FN2O7S2/c1-2-32(27,28)19-6-4-3-5-18(19)21(26)31-15-20(25)23-11-13-24(14-12-23)33(29,30)17-9-7-16(22)8-10-17/h3-10H,2,11-15H2,1H3. The van der Waals surface area contributed by atoms with E-state index in [1.165, 1.54) is 52.5 Å². The van der Waals surface area contributed by atoms with Crippen molar-refractivity contribution in [1.29, 1.82) is 0 Å². The number of hydrogen-bond acceptors (Lipinski definition) is 7. The molecule has 2 aromatic rings. The maximum atomic E-state index is 13.1. The summed E-state index contributed by atoms with van der Waals surface area (Å²) < 4.78 is 69.0. The van der Waals surface area contributed by atoms with E-state index < -0.39 is 44.2 Å². The van der Waals surface area contributed by atoms with Crippen LogP contribution in [0.15, 0.2) is 58.3 Å². The molecule has 12 heteroatoms. The van der Waals surface area contributed by atoms with Gasteiger partial charge in [-0.3, -0.25) is 4.79 Å². The summed E-state index contributed by atoms with van der Waals surface area (Å²) in [6, 6.07) is 10.1. The van der Waals surface area contributed by atoms with Crippen molar-refractivity contribution in [3.63, 3.8) is 0 Å². The van der Waals surface area contributed by atoms with E-state index in [9.17, 15) is 30.8 Å². The molecule has 3 rings (SSSR count). The van der Waals surface area contributed by atoms with Crippen LogP contribution < -0.4 is 0 Å². The highest BCUT2D eigenvalue weighted by Crippen LogP contribution is 2.19. The average Bonchev–Trinajstić information content (AvgIpc) is 2.82. The van der Waals surface area contributed by atoms with Crippen LogP contribution in [0.2, 0.25) is 0 Å². The number of amides is 1. The van der Waals surface area contributed by atoms with E-state index in [0.29, 0.717) is 0 Å². The molecule has 0 atom stereocenters. The minimum atomic E-state index is -3.82. The Morgan fingerprint density at radius 1 is 0.939 bits per heavy atom. The lowest BCUT2D eigenvalue weighted by atomic mass is 10.2. The number of halogens is 1. The van der Waals surface area contributed by atoms with Crippen LogP contribution in [0.1, 0.15) is 17.3 Å². The van der Waals surface area contributed by atoms with Crippen molar-refractivity contribution in [2.45, 2.75) is 16.7 Å². The van der Waals surface area contributed by atoms with Gasteiger partial charge in [-0.15, -0.1) is 0 Å². The van der Waals surface area contributed by atoms with Crippen LogP contribution in [0.3, 0.4) is 0 Å². The normalized spacial score (nSPS) is 15.3. The second-order valence-corrected chi connectivity index (χ2v) is 11.4. The van der Waals surface area contributed by atoms with Crippen LogP contribution in [0, 0.1) is 5.82 Å². The second kappa shape index (κ2) is 9.98. The third-order valence-corrected chi connectivity index (χ3v) is 8.89. The number of sulfone groups is 1. The van der Waals surface area contributed by atoms with Gasteiger partial charge in [-0.05, 0) is 36.4 Å². The molecular weight excluding hydrogens is 475 g/mol. The summed E-state index contributed by atoms with van der Waals surface area (Å²) in [6.07, 6.45) is 0. The molecule has 1 fully saturated rings. The molecule has 178 valence electrons. The third-order valence-electron chi connectivity index (χ3n) is 5.19. The summed E-state index contributed by atoms with van der Waals surface area (Å²) in [4.78, 5) is 26.0. The molecule has 0 saturated carbocycles. The predicted octanol–water partition coefficient (Wildman–Crippen LogP) is 1.31. The van der Waals surface area contributed by atoms with Gasteiger partial charge in [0.15, 0.2) is 16.4 Å². The number of sulfonamides is 1. The lowest BCUT2D eigenvalue weighted by Crippen LogP contribution is -2.51. The average molecular weight is 499 g/mol. The van der Waals surface area contributed by atoms with Crippen LogP contribution >= 0.6 is 0 Å². The Kier molecular flexibility index (Phi) is 7.50. The number of esters is 1. The summed E-state index contributed by atoms with van der Waals surface area (Å²) >= 11 is 0. The summed E-state index contributed by atoms with van der Waals surface area (Å²) in [5.74, 6) is -2.21. The van der Waals surface area contributed by atoms with Crippen molar-refractivity contribution in [2.24, 2.45) is 0 Å². The van der Waals surface area contributed by atoms with Gasteiger partial charge in [-0.1, -0.05) is 19.1 Å². The first-order valence-corrected chi connectivity index (χ1v) is 13.2. The van der Waals surface area contributed by atoms with Crippen LogP contribution in [-0.4, -0.2) is 76.5 Å². The molecule has 0 aromatic heterocycles. The first-order valence-electron chi connectivity index (χ1n) is 10.1. The first kappa shape index (κ1) is 24.8. The van der Waals surface area contributed by atoms with Gasteiger partial charge < -0.3 is 9.64 Å². The van der Waals surface area contributed by atoms with Crippen molar-refractivity contribution in [3.05, 3.63) is 59.9 Å². The largest absolute Gasteiger partial charge is 0.452 e. The molecule has 0 unspecified atom stereocenters. The number of benzene rings is 2. The van der Waals surface area contributed by atoms with Gasteiger partial charge in [0.2, 0.25) is 10.0 Å². The highest BCUT2D eigenvalue weighted by Gasteiger charge is 2.30. The molecule has 9 nitrogen and oxygen atoms in total. The third kappa shape index (κ3) is 5.57. The van der Waals surface area contributed by atoms with E-state index in [4.69, 9.17) is 4.74 Å². The summed E-state index contributed by atoms with van der Waals surface area (Å²) in [5.41, 5.74) is -0.151. The number of nitrogens with zero attached hydrogens (tertiary/aromatic N) is 2. The van der Waals surface area contributed by atoms with Crippen molar-refractivity contribution < 1.29 is 35.6 Å². The molecule has 1 aliphatic rings. The maximum Gasteiger partial charge on any atom is 0.339 e. The quantitative estimate of drug-likeness (QED) is 0.528. The molecule has 33 heavy (non-hydrogen) atoms. The molecular formula is C21H23FN2O7S2. The molecule has 0 radical (unpaired) electrons. The Labute approximate surface area is 191 Å². The van der Waals surface area contributed by atoms with Gasteiger partial charge in [0.25, 0.3) is 5.91 Å². The SMILES string of the molecule is CCS(=O)(=O)c1ccccc1C(=O)OCC(=O)N1CCN(S(=O)(=O)c2ccc(F)cc2)CC1. The molecule has 2 aromatic carbocycles. The minimum absolute atomic E-state index is 0.0248. The smallest absolute Gasteiger partial charge is 0.339 e. The van der Waals surface area contributed by atoms with Gasteiger partial charge in [-0.2, -0.15) is 4.31 Å². The number of carbonyl (C=O) groups excluding carboxylic acids is 2. The Morgan fingerprint density at radius 3 is 2.15 bits per heavy atom. The van der Waals surface area contributed by atoms with Crippen LogP contribution in [0.5, 0.6) is 0 Å². The van der Waals surface area contributed by atoms with E-state index in [2.05, 4.69) is 0 Å². The van der Waals surface area contributed by atoms with Crippen molar-refractivity contribution >= 4 is 31.7 Å². The lowest BCUT2D eigenvalue weighted by Gasteiger charge is -2.33. The van der Waals surface area contributed by atoms with Gasteiger partial charge in [0, 0.05) is 26.2 Å². The van der Waals surface area contributed by atoms with Gasteiger partial charge in [-0.25, -0.2) is 26.0 Å². The Bertz CT molecular complexity index is 1240. The lowest BCUT2D eigenvalue weighted by molar-refractivity contribution is -0.135. The molecule has 0 N–H and O–H groups in total. The van der Waals surface area contributed by atoms with E-state index in [1.54, 1.807) is 0 Å². The van der Waals surface area contributed by atoms with Crippen molar-refractivity contribution in [2.75, 3.05) is 38.5 Å². The fraction of sp³-hybridized carbons (Fsp3) is 0.333. The highest BCUT2D eigenvalue weighted by atomic mass is 32.2. The predicted molar refractivity (Wildman–Crippen MR) is 116 cm³/mol. The number of ether oxygens (including phenoxy) is 1. The second-order valence-electron chi connectivity index (χ2n) is 7.21. The van der Waals surface area contributed by atoms with Crippen LogP contribution in [0.25, 0.3) is 0 Å². The zero-order valence-corrected chi connectivity index (χ0v) is 19.4. The Morgan fingerprint density at radius 2 is 1.55 bits per heavy atom. The summed E-state index contributed by atoms with van der Waals surface area (Å²) in [6.45, 7) is 1.06. The molecule has 0 bridgehead atoms. The topological polar surface area (TPSA) is 118 Å². The number of hydrogen-bond donors (Lipinski definition) is 0. The molecule has 1 saturated heterocycles. The number of carbonyl (C=O) groups is 2. The Balaban J connectivity index is 1.58. The zero-order valence-electron chi connectivity index (χ0n) is 17.8. The van der Waals surface area contributed by atoms with Crippen molar-refractivity contribution in [3.8, 4) is 0 Å². The fourth-order valence-electron chi connectivity index (χ4n) is 3.29. The molecule has 1 amide bonds.